The number of aromatic nitrogens is 2. The first-order valence-electron chi connectivity index (χ1n) is 18.4. The van der Waals surface area contributed by atoms with Crippen molar-refractivity contribution in [2.75, 3.05) is 6.54 Å². The highest BCUT2D eigenvalue weighted by atomic mass is 19.1. The molecule has 2 aliphatic rings. The van der Waals surface area contributed by atoms with Crippen molar-refractivity contribution in [2.45, 2.75) is 111 Å². The van der Waals surface area contributed by atoms with E-state index in [1.165, 1.54) is 23.5 Å². The first-order valence-corrected chi connectivity index (χ1v) is 18.4. The summed E-state index contributed by atoms with van der Waals surface area (Å²) in [5, 5.41) is 2.87. The van der Waals surface area contributed by atoms with Gasteiger partial charge < -0.3 is 10.2 Å². The van der Waals surface area contributed by atoms with Gasteiger partial charge in [0.1, 0.15) is 17.9 Å². The number of halogens is 1. The second-order valence-corrected chi connectivity index (χ2v) is 15.1. The maximum absolute atomic E-state index is 15.2. The van der Waals surface area contributed by atoms with Gasteiger partial charge in [-0.3, -0.25) is 33.8 Å². The number of fused-ring (bicyclic) bond motifs is 1. The van der Waals surface area contributed by atoms with Crippen molar-refractivity contribution in [3.05, 3.63) is 60.2 Å². The molecule has 1 saturated heterocycles. The summed E-state index contributed by atoms with van der Waals surface area (Å²) in [5.41, 5.74) is 1.09. The monoisotopic (exact) mass is 704 g/mol. The zero-order valence-corrected chi connectivity index (χ0v) is 30.7. The molecule has 2 fully saturated rings. The lowest BCUT2D eigenvalue weighted by Gasteiger charge is -2.33. The SMILES string of the molecule is CCCC(CC(=O)C1[C@H]2CC[C@H](F)[C@H]2CN1C(=O)[C@@H](NC(=O)[C@H](CC(=O)c1cnccn1)C(C)C)C(C)C)C(=O)C(=O)C[C@H](C)c1ccccc1. The number of hydrogen-bond donors (Lipinski definition) is 1. The number of nitrogens with zero attached hydrogens (tertiary/aromatic N) is 3. The summed E-state index contributed by atoms with van der Waals surface area (Å²) in [6, 6.07) is 7.46. The number of likely N-dealkylation sites (tertiary alicyclic amines) is 1. The number of ketones is 4. The van der Waals surface area contributed by atoms with Crippen molar-refractivity contribution in [1.82, 2.24) is 20.2 Å². The number of hydrogen-bond acceptors (Lipinski definition) is 8. The smallest absolute Gasteiger partial charge is 0.246 e. The maximum Gasteiger partial charge on any atom is 0.246 e. The quantitative estimate of drug-likeness (QED) is 0.153. The molecule has 2 heterocycles. The molecular weight excluding hydrogens is 651 g/mol. The Kier molecular flexibility index (Phi) is 13.9. The van der Waals surface area contributed by atoms with E-state index < -0.39 is 65.3 Å². The summed E-state index contributed by atoms with van der Waals surface area (Å²) >= 11 is 0. The molecule has 1 saturated carbocycles. The van der Waals surface area contributed by atoms with Crippen LogP contribution in [0.5, 0.6) is 0 Å². The fourth-order valence-electron chi connectivity index (χ4n) is 7.78. The highest BCUT2D eigenvalue weighted by molar-refractivity contribution is 6.38. The van der Waals surface area contributed by atoms with Crippen LogP contribution in [0, 0.1) is 35.5 Å². The second-order valence-electron chi connectivity index (χ2n) is 15.1. The van der Waals surface area contributed by atoms with Gasteiger partial charge >= 0.3 is 0 Å². The minimum absolute atomic E-state index is 0.0248. The Hall–Kier alpha value is -4.15. The molecule has 0 spiro atoms. The van der Waals surface area contributed by atoms with Crippen LogP contribution in [-0.4, -0.2) is 74.6 Å². The maximum atomic E-state index is 15.2. The van der Waals surface area contributed by atoms with Crippen LogP contribution in [0.15, 0.2) is 48.9 Å². The van der Waals surface area contributed by atoms with Gasteiger partial charge in [0.2, 0.25) is 17.6 Å². The van der Waals surface area contributed by atoms with Crippen LogP contribution in [0.4, 0.5) is 4.39 Å². The van der Waals surface area contributed by atoms with Gasteiger partial charge in [-0.25, -0.2) is 9.37 Å². The molecule has 0 radical (unpaired) electrons. The van der Waals surface area contributed by atoms with Crippen molar-refractivity contribution in [3.63, 3.8) is 0 Å². The minimum atomic E-state index is -1.18. The molecule has 276 valence electrons. The Balaban J connectivity index is 1.52. The van der Waals surface area contributed by atoms with Gasteiger partial charge in [0.15, 0.2) is 17.3 Å². The predicted octanol–water partition coefficient (Wildman–Crippen LogP) is 5.75. The molecule has 11 heteroatoms. The molecular formula is C40H53FN4O6. The van der Waals surface area contributed by atoms with Crippen LogP contribution in [0.25, 0.3) is 0 Å². The normalized spacial score (nSPS) is 22.3. The topological polar surface area (TPSA) is 143 Å². The molecule has 0 bridgehead atoms. The van der Waals surface area contributed by atoms with Gasteiger partial charge in [-0.1, -0.05) is 78.3 Å². The molecule has 1 aliphatic heterocycles. The Labute approximate surface area is 300 Å². The molecule has 1 N–H and O–H groups in total. The van der Waals surface area contributed by atoms with Gasteiger partial charge in [-0.15, -0.1) is 0 Å². The lowest BCUT2D eigenvalue weighted by atomic mass is 9.83. The summed E-state index contributed by atoms with van der Waals surface area (Å²) in [4.78, 5) is 91.4. The fraction of sp³-hybridized carbons (Fsp3) is 0.600. The fourth-order valence-corrected chi connectivity index (χ4v) is 7.78. The molecule has 2 unspecified atom stereocenters. The van der Waals surface area contributed by atoms with Crippen molar-refractivity contribution >= 4 is 34.9 Å². The highest BCUT2D eigenvalue weighted by Gasteiger charge is 2.54. The molecule has 8 atom stereocenters. The first kappa shape index (κ1) is 39.6. The Bertz CT molecular complexity index is 1550. The highest BCUT2D eigenvalue weighted by Crippen LogP contribution is 2.45. The standard InChI is InChI=1S/C40H53FN4O6/c1-7-11-27(38(49)35(48)18-25(6)26-12-9-8-10-13-26)19-34(47)37-28-14-15-31(41)30(28)22-45(37)40(51)36(24(4)5)44-39(50)29(23(2)3)20-33(46)32-21-42-16-17-43-32/h8-10,12-13,16-17,21,23-25,27-31,36-37H,7,11,14-15,18-20,22H2,1-6H3,(H,44,50)/t25-,27?,28-,29+,30-,31-,36-,37?/m0/s1. The third kappa shape index (κ3) is 9.60. The minimum Gasteiger partial charge on any atom is -0.344 e. The zero-order chi connectivity index (χ0) is 37.4. The van der Waals surface area contributed by atoms with E-state index in [1.54, 1.807) is 13.8 Å². The van der Waals surface area contributed by atoms with E-state index in [-0.39, 0.29) is 67.2 Å². The Morgan fingerprint density at radius 2 is 1.61 bits per heavy atom. The van der Waals surface area contributed by atoms with Crippen LogP contribution in [0.1, 0.15) is 108 Å². The number of benzene rings is 1. The van der Waals surface area contributed by atoms with Gasteiger partial charge in [-0.2, -0.15) is 0 Å². The van der Waals surface area contributed by atoms with E-state index >= 15 is 4.39 Å². The van der Waals surface area contributed by atoms with Gasteiger partial charge in [-0.05, 0) is 48.5 Å². The summed E-state index contributed by atoms with van der Waals surface area (Å²) < 4.78 is 15.2. The molecule has 1 aliphatic carbocycles. The molecule has 1 aromatic carbocycles. The largest absolute Gasteiger partial charge is 0.344 e. The number of amides is 2. The third-order valence-corrected chi connectivity index (χ3v) is 10.8. The number of Topliss-reactive ketones (excluding diaryl/α,β-unsaturated/α-hetero) is 4. The van der Waals surface area contributed by atoms with E-state index in [1.807, 2.05) is 58.0 Å². The Morgan fingerprint density at radius 3 is 2.22 bits per heavy atom. The predicted molar refractivity (Wildman–Crippen MR) is 190 cm³/mol. The molecule has 2 amide bonds. The average molecular weight is 705 g/mol. The third-order valence-electron chi connectivity index (χ3n) is 10.8. The van der Waals surface area contributed by atoms with E-state index in [0.29, 0.717) is 19.3 Å². The van der Waals surface area contributed by atoms with Crippen molar-refractivity contribution < 1.29 is 33.2 Å². The summed E-state index contributed by atoms with van der Waals surface area (Å²) in [6.07, 6.45) is 4.32. The van der Waals surface area contributed by atoms with Crippen LogP contribution < -0.4 is 5.32 Å². The van der Waals surface area contributed by atoms with Crippen molar-refractivity contribution in [2.24, 2.45) is 35.5 Å². The van der Waals surface area contributed by atoms with Gasteiger partial charge in [0, 0.05) is 56.0 Å². The number of rotatable bonds is 18. The van der Waals surface area contributed by atoms with E-state index in [0.717, 1.165) is 5.56 Å². The van der Waals surface area contributed by atoms with E-state index in [9.17, 15) is 28.8 Å². The molecule has 51 heavy (non-hydrogen) atoms. The Morgan fingerprint density at radius 1 is 0.902 bits per heavy atom. The first-order chi connectivity index (χ1) is 24.2. The van der Waals surface area contributed by atoms with Crippen molar-refractivity contribution in [1.29, 1.82) is 0 Å². The number of nitrogens with one attached hydrogen (secondary N) is 1. The lowest BCUT2D eigenvalue weighted by Crippen LogP contribution is -2.56. The van der Waals surface area contributed by atoms with Crippen LogP contribution >= 0.6 is 0 Å². The number of alkyl halides is 1. The second kappa shape index (κ2) is 17.9. The zero-order valence-electron chi connectivity index (χ0n) is 30.7. The van der Waals surface area contributed by atoms with Crippen LogP contribution in [0.2, 0.25) is 0 Å². The molecule has 2 aromatic rings. The van der Waals surface area contributed by atoms with Crippen LogP contribution in [-0.2, 0) is 24.0 Å². The van der Waals surface area contributed by atoms with Gasteiger partial charge in [0.05, 0.1) is 12.2 Å². The summed E-state index contributed by atoms with van der Waals surface area (Å²) in [6.45, 7) is 11.0. The summed E-state index contributed by atoms with van der Waals surface area (Å²) in [5.74, 6) is -6.14. The lowest BCUT2D eigenvalue weighted by molar-refractivity contribution is -0.144. The van der Waals surface area contributed by atoms with Crippen molar-refractivity contribution in [3.8, 4) is 0 Å². The van der Waals surface area contributed by atoms with Crippen LogP contribution in [0.3, 0.4) is 0 Å². The van der Waals surface area contributed by atoms with E-state index in [4.69, 9.17) is 0 Å². The number of carbonyl (C=O) groups excluding carboxylic acids is 6. The van der Waals surface area contributed by atoms with Gasteiger partial charge in [0.25, 0.3) is 0 Å². The molecule has 10 nitrogen and oxygen atoms in total. The average Bonchev–Trinajstić information content (AvgIpc) is 3.68. The van der Waals surface area contributed by atoms with E-state index in [2.05, 4.69) is 15.3 Å². The molecule has 1 aromatic heterocycles. The number of carbonyl (C=O) groups is 6. The molecule has 4 rings (SSSR count). The summed E-state index contributed by atoms with van der Waals surface area (Å²) in [7, 11) is 0.